The van der Waals surface area contributed by atoms with Gasteiger partial charge in [0.25, 0.3) is 10.0 Å². The van der Waals surface area contributed by atoms with E-state index in [2.05, 4.69) is 15.4 Å². The van der Waals surface area contributed by atoms with Gasteiger partial charge in [0.1, 0.15) is 28.0 Å². The molecule has 9 nitrogen and oxygen atoms in total. The van der Waals surface area contributed by atoms with E-state index in [9.17, 15) is 17.2 Å². The van der Waals surface area contributed by atoms with Crippen molar-refractivity contribution in [1.29, 1.82) is 0 Å². The summed E-state index contributed by atoms with van der Waals surface area (Å²) in [6.07, 6.45) is 5.38. The van der Waals surface area contributed by atoms with Gasteiger partial charge in [-0.05, 0) is 69.2 Å². The van der Waals surface area contributed by atoms with E-state index in [1.807, 2.05) is 18.6 Å². The molecule has 0 atom stereocenters. The second-order valence-corrected chi connectivity index (χ2v) is 12.8. The molecule has 2 heterocycles. The molecule has 2 aromatic carbocycles. The van der Waals surface area contributed by atoms with Crippen LogP contribution in [0.1, 0.15) is 57.1 Å². The van der Waals surface area contributed by atoms with Crippen molar-refractivity contribution < 1.29 is 30.7 Å². The van der Waals surface area contributed by atoms with Gasteiger partial charge in [-0.2, -0.15) is 5.10 Å². The van der Waals surface area contributed by atoms with Gasteiger partial charge in [0.05, 0.1) is 23.2 Å². The number of methoxy groups -OCH3 is 1. The highest BCUT2D eigenvalue weighted by atomic mass is 32.2. The van der Waals surface area contributed by atoms with Crippen LogP contribution in [0.3, 0.4) is 0 Å². The molecule has 236 valence electrons. The van der Waals surface area contributed by atoms with E-state index < -0.39 is 43.9 Å². The number of hydrogen-bond acceptors (Lipinski definition) is 7. The minimum Gasteiger partial charge on any atom is -0.383 e. The number of nitrogen functional groups attached to an aromatic ring is 1. The molecule has 4 N–H and O–H groups in total. The zero-order valence-electron chi connectivity index (χ0n) is 24.5. The summed E-state index contributed by atoms with van der Waals surface area (Å²) in [5, 5.41) is 8.52. The standard InChI is InChI=1S/C30H34F4N6O3S/c1-16(2)40-29-20(17-7-9-18(10-8-17)36-11-12-43-3)15-37-30(35)26(29)28(38-40)19-13-23(33)24(14-22(19)32)39-44(41,42)25-6-4-5-21(31)27(25)34/h4-6,13-18,36,39H,7-12H2,1-3H3,(H2,35,37). The summed E-state index contributed by atoms with van der Waals surface area (Å²) < 4.78 is 92.9. The number of anilines is 2. The maximum Gasteiger partial charge on any atom is 0.265 e. The average molecular weight is 635 g/mol. The van der Waals surface area contributed by atoms with Crippen LogP contribution in [0.15, 0.2) is 41.4 Å². The van der Waals surface area contributed by atoms with Crippen LogP contribution in [0.5, 0.6) is 0 Å². The van der Waals surface area contributed by atoms with Gasteiger partial charge >= 0.3 is 0 Å². The lowest BCUT2D eigenvalue weighted by molar-refractivity contribution is 0.191. The molecule has 14 heteroatoms. The third kappa shape index (κ3) is 6.10. The molecule has 0 spiro atoms. The lowest BCUT2D eigenvalue weighted by Crippen LogP contribution is -2.34. The monoisotopic (exact) mass is 634 g/mol. The number of pyridine rings is 1. The van der Waals surface area contributed by atoms with Crippen molar-refractivity contribution in [3.63, 3.8) is 0 Å². The normalized spacial score (nSPS) is 17.5. The van der Waals surface area contributed by atoms with E-state index >= 15 is 8.78 Å². The van der Waals surface area contributed by atoms with E-state index in [1.54, 1.807) is 18.0 Å². The van der Waals surface area contributed by atoms with Crippen molar-refractivity contribution in [3.8, 4) is 11.3 Å². The first-order valence-corrected chi connectivity index (χ1v) is 15.8. The summed E-state index contributed by atoms with van der Waals surface area (Å²) in [7, 11) is -3.13. The predicted molar refractivity (Wildman–Crippen MR) is 160 cm³/mol. The number of benzene rings is 2. The Kier molecular flexibility index (Phi) is 9.14. The molecule has 1 aliphatic rings. The molecule has 4 aromatic rings. The molecular weight excluding hydrogens is 600 g/mol. The van der Waals surface area contributed by atoms with E-state index in [4.69, 9.17) is 10.5 Å². The smallest absolute Gasteiger partial charge is 0.265 e. The summed E-state index contributed by atoms with van der Waals surface area (Å²) in [6, 6.07) is 4.17. The highest BCUT2D eigenvalue weighted by Gasteiger charge is 2.30. The second-order valence-electron chi connectivity index (χ2n) is 11.2. The summed E-state index contributed by atoms with van der Waals surface area (Å²) in [6.45, 7) is 5.22. The minimum atomic E-state index is -4.79. The summed E-state index contributed by atoms with van der Waals surface area (Å²) in [4.78, 5) is 3.36. The fraction of sp³-hybridized carbons (Fsp3) is 0.400. The molecule has 1 saturated carbocycles. The van der Waals surface area contributed by atoms with Crippen molar-refractivity contribution in [2.45, 2.75) is 62.4 Å². The highest BCUT2D eigenvalue weighted by Crippen LogP contribution is 2.42. The largest absolute Gasteiger partial charge is 0.383 e. The molecule has 1 fully saturated rings. The topological polar surface area (TPSA) is 124 Å². The van der Waals surface area contributed by atoms with Crippen LogP contribution in [0, 0.1) is 23.3 Å². The zero-order valence-corrected chi connectivity index (χ0v) is 25.3. The first-order chi connectivity index (χ1) is 20.9. The van der Waals surface area contributed by atoms with E-state index in [1.165, 1.54) is 0 Å². The van der Waals surface area contributed by atoms with Crippen LogP contribution in [0.4, 0.5) is 29.1 Å². The number of fused-ring (bicyclic) bond motifs is 1. The van der Waals surface area contributed by atoms with Gasteiger partial charge in [-0.1, -0.05) is 6.07 Å². The predicted octanol–water partition coefficient (Wildman–Crippen LogP) is 5.88. The van der Waals surface area contributed by atoms with Crippen molar-refractivity contribution in [2.75, 3.05) is 30.7 Å². The minimum absolute atomic E-state index is 0.0532. The molecule has 0 aliphatic heterocycles. The van der Waals surface area contributed by atoms with Crippen LogP contribution in [-0.2, 0) is 14.8 Å². The number of ether oxygens (including phenoxy) is 1. The first-order valence-electron chi connectivity index (χ1n) is 14.3. The number of nitrogens with two attached hydrogens (primary N) is 1. The van der Waals surface area contributed by atoms with Crippen LogP contribution in [0.25, 0.3) is 22.2 Å². The van der Waals surface area contributed by atoms with Crippen molar-refractivity contribution in [1.82, 2.24) is 20.1 Å². The molecule has 1 aliphatic carbocycles. The fourth-order valence-corrected chi connectivity index (χ4v) is 6.90. The van der Waals surface area contributed by atoms with Crippen LogP contribution < -0.4 is 15.8 Å². The van der Waals surface area contributed by atoms with E-state index in [-0.39, 0.29) is 29.0 Å². The first kappa shape index (κ1) is 31.7. The Balaban J connectivity index is 1.52. The maximum absolute atomic E-state index is 15.7. The molecule has 0 unspecified atom stereocenters. The molecule has 0 bridgehead atoms. The Labute approximate surface area is 252 Å². The Morgan fingerprint density at radius 2 is 1.80 bits per heavy atom. The molecule has 44 heavy (non-hydrogen) atoms. The van der Waals surface area contributed by atoms with Crippen LogP contribution in [0.2, 0.25) is 0 Å². The lowest BCUT2D eigenvalue weighted by Gasteiger charge is -2.30. The Morgan fingerprint density at radius 3 is 2.48 bits per heavy atom. The van der Waals surface area contributed by atoms with Gasteiger partial charge in [0, 0.05) is 43.6 Å². The SMILES string of the molecule is COCCNC1CCC(c2cnc(N)c3c(-c4cc(F)c(NS(=O)(=O)c5cccc(F)c5F)cc4F)nn(C(C)C)c23)CC1. The Bertz CT molecular complexity index is 1790. The number of sulfonamides is 1. The number of halogens is 4. The third-order valence-corrected chi connectivity index (χ3v) is 9.32. The molecule has 0 amide bonds. The van der Waals surface area contributed by atoms with Gasteiger partial charge in [-0.3, -0.25) is 9.40 Å². The number of nitrogens with zero attached hydrogens (tertiary/aromatic N) is 3. The summed E-state index contributed by atoms with van der Waals surface area (Å²) in [5.74, 6) is -4.97. The number of nitrogens with one attached hydrogen (secondary N) is 2. The van der Waals surface area contributed by atoms with Gasteiger partial charge < -0.3 is 15.8 Å². The van der Waals surface area contributed by atoms with Crippen LogP contribution in [-0.4, -0.2) is 49.5 Å². The number of rotatable bonds is 10. The Hall–Kier alpha value is -3.75. The van der Waals surface area contributed by atoms with Crippen molar-refractivity contribution in [3.05, 3.63) is 65.4 Å². The summed E-state index contributed by atoms with van der Waals surface area (Å²) >= 11 is 0. The quantitative estimate of drug-likeness (QED) is 0.147. The Morgan fingerprint density at radius 1 is 1.07 bits per heavy atom. The van der Waals surface area contributed by atoms with Gasteiger partial charge in [-0.25, -0.2) is 31.0 Å². The third-order valence-electron chi connectivity index (χ3n) is 7.94. The van der Waals surface area contributed by atoms with Crippen molar-refractivity contribution in [2.24, 2.45) is 0 Å². The summed E-state index contributed by atoms with van der Waals surface area (Å²) in [5.41, 5.74) is 6.93. The average Bonchev–Trinajstić information content (AvgIpc) is 3.39. The molecular formula is C30H34F4N6O3S. The van der Waals surface area contributed by atoms with Gasteiger partial charge in [-0.15, -0.1) is 0 Å². The van der Waals surface area contributed by atoms with Crippen molar-refractivity contribution >= 4 is 32.4 Å². The number of aromatic nitrogens is 3. The molecule has 0 radical (unpaired) electrons. The van der Waals surface area contributed by atoms with E-state index in [0.717, 1.165) is 62.1 Å². The maximum atomic E-state index is 15.7. The lowest BCUT2D eigenvalue weighted by atomic mass is 9.81. The molecule has 2 aromatic heterocycles. The van der Waals surface area contributed by atoms with Gasteiger partial charge in [0.15, 0.2) is 11.6 Å². The second kappa shape index (κ2) is 12.7. The van der Waals surface area contributed by atoms with Gasteiger partial charge in [0.2, 0.25) is 0 Å². The van der Waals surface area contributed by atoms with E-state index in [0.29, 0.717) is 29.6 Å². The highest BCUT2D eigenvalue weighted by molar-refractivity contribution is 7.92. The fourth-order valence-electron chi connectivity index (χ4n) is 5.75. The zero-order chi connectivity index (χ0) is 31.8. The number of hydrogen-bond donors (Lipinski definition) is 3. The molecule has 5 rings (SSSR count). The van der Waals surface area contributed by atoms with Crippen LogP contribution >= 0.6 is 0 Å². The molecule has 0 saturated heterocycles.